The fourth-order valence-electron chi connectivity index (χ4n) is 3.71. The number of amides is 1. The van der Waals surface area contributed by atoms with Gasteiger partial charge in [-0.2, -0.15) is 0 Å². The van der Waals surface area contributed by atoms with Crippen LogP contribution in [-0.4, -0.2) is 17.4 Å². The van der Waals surface area contributed by atoms with Crippen molar-refractivity contribution in [3.8, 4) is 0 Å². The van der Waals surface area contributed by atoms with Gasteiger partial charge < -0.3 is 10.6 Å². The molecule has 0 aliphatic carbocycles. The van der Waals surface area contributed by atoms with Crippen molar-refractivity contribution >= 4 is 5.91 Å². The van der Waals surface area contributed by atoms with Crippen molar-refractivity contribution in [3.63, 3.8) is 0 Å². The Balaban J connectivity index is 1.83. The Kier molecular flexibility index (Phi) is 5.19. The van der Waals surface area contributed by atoms with E-state index in [0.717, 1.165) is 12.0 Å². The first kappa shape index (κ1) is 17.6. The zero-order chi connectivity index (χ0) is 18.0. The second-order valence-electron chi connectivity index (χ2n) is 7.09. The molecule has 2 N–H and O–H groups in total. The summed E-state index contributed by atoms with van der Waals surface area (Å²) in [7, 11) is 0. The van der Waals surface area contributed by atoms with Crippen molar-refractivity contribution in [2.24, 2.45) is 17.6 Å². The lowest BCUT2D eigenvalue weighted by atomic mass is 9.93. The van der Waals surface area contributed by atoms with Gasteiger partial charge in [-0.1, -0.05) is 62.4 Å². The molecule has 0 spiro atoms. The number of carbonyl (C=O) groups excluding carboxylic acids is 1. The highest BCUT2D eigenvalue weighted by molar-refractivity contribution is 5.80. The number of benzene rings is 2. The van der Waals surface area contributed by atoms with Crippen LogP contribution in [0.4, 0.5) is 4.39 Å². The molecular weight excluding hydrogens is 315 g/mol. The van der Waals surface area contributed by atoms with Gasteiger partial charge in [0.1, 0.15) is 5.82 Å². The Hall–Kier alpha value is -2.20. The largest absolute Gasteiger partial charge is 0.335 e. The highest BCUT2D eigenvalue weighted by Crippen LogP contribution is 2.38. The van der Waals surface area contributed by atoms with Crippen LogP contribution in [-0.2, 0) is 4.79 Å². The van der Waals surface area contributed by atoms with Gasteiger partial charge in [-0.15, -0.1) is 0 Å². The van der Waals surface area contributed by atoms with Crippen molar-refractivity contribution in [2.45, 2.75) is 32.4 Å². The van der Waals surface area contributed by atoms with Gasteiger partial charge >= 0.3 is 0 Å². The second kappa shape index (κ2) is 7.36. The Bertz CT molecular complexity index is 734. The minimum absolute atomic E-state index is 0.00560. The topological polar surface area (TPSA) is 46.3 Å². The molecule has 132 valence electrons. The van der Waals surface area contributed by atoms with E-state index in [2.05, 4.69) is 6.92 Å². The number of carbonyl (C=O) groups is 1. The molecule has 0 bridgehead atoms. The van der Waals surface area contributed by atoms with E-state index in [1.165, 1.54) is 6.07 Å². The maximum Gasteiger partial charge on any atom is 0.227 e. The van der Waals surface area contributed by atoms with E-state index in [4.69, 9.17) is 5.73 Å². The predicted molar refractivity (Wildman–Crippen MR) is 97.2 cm³/mol. The van der Waals surface area contributed by atoms with Crippen LogP contribution < -0.4 is 5.73 Å². The third kappa shape index (κ3) is 3.59. The van der Waals surface area contributed by atoms with Crippen LogP contribution in [0.5, 0.6) is 0 Å². The van der Waals surface area contributed by atoms with Gasteiger partial charge in [-0.05, 0) is 24.0 Å². The number of nitrogens with zero attached hydrogens (tertiary/aromatic N) is 1. The summed E-state index contributed by atoms with van der Waals surface area (Å²) >= 11 is 0. The average Bonchev–Trinajstić information content (AvgIpc) is 3.02. The molecule has 0 saturated carbocycles. The first-order valence-electron chi connectivity index (χ1n) is 8.84. The van der Waals surface area contributed by atoms with Crippen molar-refractivity contribution in [1.82, 2.24) is 4.90 Å². The van der Waals surface area contributed by atoms with E-state index in [9.17, 15) is 9.18 Å². The Labute approximate surface area is 148 Å². The minimum Gasteiger partial charge on any atom is -0.335 e. The summed E-state index contributed by atoms with van der Waals surface area (Å²) in [5.41, 5.74) is 7.87. The molecule has 1 aliphatic rings. The number of hydrogen-bond acceptors (Lipinski definition) is 2. The highest BCUT2D eigenvalue weighted by Gasteiger charge is 2.38. The molecule has 0 radical (unpaired) electrons. The zero-order valence-electron chi connectivity index (χ0n) is 14.7. The molecule has 4 atom stereocenters. The first-order valence-corrected chi connectivity index (χ1v) is 8.84. The fourth-order valence-corrected chi connectivity index (χ4v) is 3.71. The smallest absolute Gasteiger partial charge is 0.227 e. The molecule has 25 heavy (non-hydrogen) atoms. The van der Waals surface area contributed by atoms with E-state index < -0.39 is 0 Å². The number of halogens is 1. The lowest BCUT2D eigenvalue weighted by Crippen LogP contribution is -2.39. The zero-order valence-corrected chi connectivity index (χ0v) is 14.7. The van der Waals surface area contributed by atoms with Crippen LogP contribution in [0.15, 0.2) is 54.6 Å². The van der Waals surface area contributed by atoms with Crippen LogP contribution in [0.25, 0.3) is 0 Å². The first-order chi connectivity index (χ1) is 12.0. The van der Waals surface area contributed by atoms with Crippen molar-refractivity contribution in [2.75, 3.05) is 6.54 Å². The Morgan fingerprint density at radius 2 is 1.80 bits per heavy atom. The normalized spacial score (nSPS) is 22.6. The summed E-state index contributed by atoms with van der Waals surface area (Å²) in [6.07, 6.45) is 0.778. The second-order valence-corrected chi connectivity index (χ2v) is 7.09. The predicted octanol–water partition coefficient (Wildman–Crippen LogP) is 4.07. The third-order valence-corrected chi connectivity index (χ3v) is 5.17. The lowest BCUT2D eigenvalue weighted by molar-refractivity contribution is -0.136. The van der Waals surface area contributed by atoms with Crippen LogP contribution in [0, 0.1) is 17.7 Å². The highest BCUT2D eigenvalue weighted by atomic mass is 19.1. The van der Waals surface area contributed by atoms with Crippen LogP contribution in [0.1, 0.15) is 43.5 Å². The van der Waals surface area contributed by atoms with Gasteiger partial charge in [0.2, 0.25) is 5.91 Å². The molecule has 0 aromatic heterocycles. The number of hydrogen-bond donors (Lipinski definition) is 1. The van der Waals surface area contributed by atoms with Crippen molar-refractivity contribution in [3.05, 3.63) is 71.5 Å². The number of nitrogens with two attached hydrogens (primary N) is 1. The summed E-state index contributed by atoms with van der Waals surface area (Å²) in [6, 6.07) is 15.8. The van der Waals surface area contributed by atoms with E-state index in [1.54, 1.807) is 12.1 Å². The lowest BCUT2D eigenvalue weighted by Gasteiger charge is -2.30. The SMILES string of the molecule is CC1CC(c2ccccc2F)N(C(=O)C(C)C(N)c2ccccc2)C1. The van der Waals surface area contributed by atoms with Gasteiger partial charge in [-0.25, -0.2) is 4.39 Å². The van der Waals surface area contributed by atoms with E-state index in [-0.39, 0.29) is 29.7 Å². The van der Waals surface area contributed by atoms with Crippen molar-refractivity contribution in [1.29, 1.82) is 0 Å². The molecule has 1 saturated heterocycles. The molecule has 1 amide bonds. The minimum atomic E-state index is -0.370. The summed E-state index contributed by atoms with van der Waals surface area (Å²) in [4.78, 5) is 14.9. The molecular formula is C21H25FN2O. The van der Waals surface area contributed by atoms with Crippen LogP contribution >= 0.6 is 0 Å². The monoisotopic (exact) mass is 340 g/mol. The summed E-state index contributed by atoms with van der Waals surface area (Å²) < 4.78 is 14.3. The molecule has 1 aliphatic heterocycles. The average molecular weight is 340 g/mol. The van der Waals surface area contributed by atoms with Crippen LogP contribution in [0.2, 0.25) is 0 Å². The Morgan fingerprint density at radius 1 is 1.16 bits per heavy atom. The quantitative estimate of drug-likeness (QED) is 0.912. The molecule has 1 fully saturated rings. The van der Waals surface area contributed by atoms with Gasteiger partial charge in [0.05, 0.1) is 12.0 Å². The third-order valence-electron chi connectivity index (χ3n) is 5.17. The molecule has 4 unspecified atom stereocenters. The maximum absolute atomic E-state index is 14.3. The molecule has 2 aromatic rings. The van der Waals surface area contributed by atoms with Crippen molar-refractivity contribution < 1.29 is 9.18 Å². The van der Waals surface area contributed by atoms with E-state index >= 15 is 0 Å². The van der Waals surface area contributed by atoms with E-state index in [1.807, 2.05) is 48.2 Å². The van der Waals surface area contributed by atoms with Crippen LogP contribution in [0.3, 0.4) is 0 Å². The Morgan fingerprint density at radius 3 is 2.48 bits per heavy atom. The molecule has 1 heterocycles. The fraction of sp³-hybridized carbons (Fsp3) is 0.381. The summed E-state index contributed by atoms with van der Waals surface area (Å²) in [6.45, 7) is 4.61. The number of rotatable bonds is 4. The number of likely N-dealkylation sites (tertiary alicyclic amines) is 1. The van der Waals surface area contributed by atoms with Gasteiger partial charge in [0.25, 0.3) is 0 Å². The maximum atomic E-state index is 14.3. The standard InChI is InChI=1S/C21H25FN2O/c1-14-12-19(17-10-6-7-11-18(17)22)24(13-14)21(25)15(2)20(23)16-8-4-3-5-9-16/h3-11,14-15,19-20H,12-13,23H2,1-2H3. The van der Waals surface area contributed by atoms with E-state index in [0.29, 0.717) is 18.0 Å². The molecule has 3 nitrogen and oxygen atoms in total. The van der Waals surface area contributed by atoms with Gasteiger partial charge in [0.15, 0.2) is 0 Å². The molecule has 2 aromatic carbocycles. The summed E-state index contributed by atoms with van der Waals surface area (Å²) in [5.74, 6) is -0.274. The van der Waals surface area contributed by atoms with Gasteiger partial charge in [-0.3, -0.25) is 4.79 Å². The molecule has 3 rings (SSSR count). The molecule has 4 heteroatoms. The van der Waals surface area contributed by atoms with Gasteiger partial charge in [0, 0.05) is 18.2 Å². The summed E-state index contributed by atoms with van der Waals surface area (Å²) in [5, 5.41) is 0.